The summed E-state index contributed by atoms with van der Waals surface area (Å²) in [7, 11) is 4.55. The van der Waals surface area contributed by atoms with E-state index in [1.54, 1.807) is 17.0 Å². The Balaban J connectivity index is 0.000000239. The van der Waals surface area contributed by atoms with Crippen LogP contribution in [0.2, 0.25) is 0 Å². The van der Waals surface area contributed by atoms with Gasteiger partial charge in [0.05, 0.1) is 25.7 Å². The van der Waals surface area contributed by atoms with Crippen molar-refractivity contribution in [3.8, 4) is 5.75 Å². The molecule has 2 aromatic carbocycles. The van der Waals surface area contributed by atoms with E-state index in [0.29, 0.717) is 16.9 Å². The van der Waals surface area contributed by atoms with E-state index in [0.717, 1.165) is 17.3 Å². The minimum Gasteiger partial charge on any atom is -0.488 e. The predicted octanol–water partition coefficient (Wildman–Crippen LogP) is 4.01. The van der Waals surface area contributed by atoms with E-state index in [1.807, 2.05) is 31.2 Å². The van der Waals surface area contributed by atoms with Gasteiger partial charge in [-0.3, -0.25) is 4.79 Å². The second-order valence-corrected chi connectivity index (χ2v) is 8.37. The fourth-order valence-electron chi connectivity index (χ4n) is 3.81. The first-order valence-corrected chi connectivity index (χ1v) is 10.7. The van der Waals surface area contributed by atoms with Crippen molar-refractivity contribution >= 4 is 17.7 Å². The van der Waals surface area contributed by atoms with Gasteiger partial charge in [-0.25, -0.2) is 4.39 Å². The van der Waals surface area contributed by atoms with Gasteiger partial charge in [0.1, 0.15) is 18.2 Å². The van der Waals surface area contributed by atoms with Gasteiger partial charge in [-0.05, 0) is 69.0 Å². The van der Waals surface area contributed by atoms with Gasteiger partial charge in [-0.2, -0.15) is 0 Å². The summed E-state index contributed by atoms with van der Waals surface area (Å²) in [6, 6.07) is 12.8. The third-order valence-corrected chi connectivity index (χ3v) is 5.71. The van der Waals surface area contributed by atoms with Crippen molar-refractivity contribution in [2.24, 2.45) is 0 Å². The largest absolute Gasteiger partial charge is 0.488 e. The molecule has 0 radical (unpaired) electrons. The summed E-state index contributed by atoms with van der Waals surface area (Å²) in [6.07, 6.45) is 8.99. The van der Waals surface area contributed by atoms with Crippen molar-refractivity contribution in [3.63, 3.8) is 0 Å². The molecule has 1 aliphatic carbocycles. The SMILES string of the molecule is C[NH+](C)C1CCCCC1.Cc1ccc(NC(=O)C2=Cc3cc(F)ccc3OC2)cc1. The highest BCUT2D eigenvalue weighted by atomic mass is 19.1. The monoisotopic (exact) mass is 411 g/mol. The topological polar surface area (TPSA) is 42.8 Å². The summed E-state index contributed by atoms with van der Waals surface area (Å²) in [6.45, 7) is 2.16. The quantitative estimate of drug-likeness (QED) is 0.801. The minimum absolute atomic E-state index is 0.177. The highest BCUT2D eigenvalue weighted by Gasteiger charge is 2.18. The lowest BCUT2D eigenvalue weighted by molar-refractivity contribution is -0.887. The summed E-state index contributed by atoms with van der Waals surface area (Å²) < 4.78 is 18.7. The van der Waals surface area contributed by atoms with Crippen LogP contribution in [-0.2, 0) is 4.79 Å². The number of nitrogens with one attached hydrogen (secondary N) is 2. The van der Waals surface area contributed by atoms with Crippen molar-refractivity contribution < 1.29 is 18.8 Å². The van der Waals surface area contributed by atoms with Gasteiger partial charge in [0, 0.05) is 11.3 Å². The predicted molar refractivity (Wildman–Crippen MR) is 119 cm³/mol. The van der Waals surface area contributed by atoms with Gasteiger partial charge in [0.15, 0.2) is 0 Å². The number of carbonyl (C=O) groups excluding carboxylic acids is 1. The zero-order chi connectivity index (χ0) is 21.5. The third kappa shape index (κ3) is 6.17. The number of rotatable bonds is 3. The maximum atomic E-state index is 13.2. The Hall–Kier alpha value is -2.66. The molecule has 1 fully saturated rings. The summed E-state index contributed by atoms with van der Waals surface area (Å²) in [5.41, 5.74) is 2.89. The molecule has 2 N–H and O–H groups in total. The van der Waals surface area contributed by atoms with Gasteiger partial charge < -0.3 is 15.0 Å². The van der Waals surface area contributed by atoms with Gasteiger partial charge in [-0.15, -0.1) is 0 Å². The fourth-order valence-corrected chi connectivity index (χ4v) is 3.81. The summed E-state index contributed by atoms with van der Waals surface area (Å²) in [4.78, 5) is 13.8. The number of halogens is 1. The summed E-state index contributed by atoms with van der Waals surface area (Å²) in [5.74, 6) is -0.00848. The average molecular weight is 412 g/mol. The second-order valence-electron chi connectivity index (χ2n) is 8.37. The van der Waals surface area contributed by atoms with Crippen molar-refractivity contribution in [2.45, 2.75) is 45.1 Å². The molecule has 1 heterocycles. The zero-order valence-corrected chi connectivity index (χ0v) is 18.1. The van der Waals surface area contributed by atoms with Crippen LogP contribution in [0.25, 0.3) is 6.08 Å². The fraction of sp³-hybridized carbons (Fsp3) is 0.400. The van der Waals surface area contributed by atoms with Crippen LogP contribution in [0.15, 0.2) is 48.0 Å². The number of anilines is 1. The molecular weight excluding hydrogens is 379 g/mol. The highest BCUT2D eigenvalue weighted by Crippen LogP contribution is 2.27. The molecule has 2 aromatic rings. The van der Waals surface area contributed by atoms with Crippen LogP contribution in [-0.4, -0.2) is 32.7 Å². The van der Waals surface area contributed by atoms with Crippen LogP contribution in [0.5, 0.6) is 5.75 Å². The van der Waals surface area contributed by atoms with Crippen molar-refractivity contribution in [1.82, 2.24) is 0 Å². The molecule has 2 aliphatic rings. The number of hydrogen-bond acceptors (Lipinski definition) is 2. The number of quaternary nitrogens is 1. The van der Waals surface area contributed by atoms with Crippen LogP contribution in [0.4, 0.5) is 10.1 Å². The molecule has 0 aromatic heterocycles. The molecular formula is C25H32FN2O2+. The highest BCUT2D eigenvalue weighted by molar-refractivity contribution is 6.07. The normalized spacial score (nSPS) is 16.0. The summed E-state index contributed by atoms with van der Waals surface area (Å²) in [5, 5.41) is 2.80. The lowest BCUT2D eigenvalue weighted by Crippen LogP contribution is -3.10. The third-order valence-electron chi connectivity index (χ3n) is 5.71. The molecule has 160 valence electrons. The molecule has 30 heavy (non-hydrogen) atoms. The Labute approximate surface area is 178 Å². The molecule has 0 bridgehead atoms. The molecule has 4 rings (SSSR count). The molecule has 1 aliphatic heterocycles. The van der Waals surface area contributed by atoms with Crippen LogP contribution in [0.1, 0.15) is 43.2 Å². The molecule has 0 atom stereocenters. The van der Waals surface area contributed by atoms with Crippen molar-refractivity contribution in [3.05, 3.63) is 65.0 Å². The average Bonchev–Trinajstić information content (AvgIpc) is 2.76. The van der Waals surface area contributed by atoms with E-state index in [-0.39, 0.29) is 18.3 Å². The Bertz CT molecular complexity index is 885. The second kappa shape index (κ2) is 10.4. The minimum atomic E-state index is -0.353. The standard InChI is InChI=1S/C17H14FNO2.C8H17N/c1-11-2-5-15(6-3-11)19-17(20)13-8-12-9-14(18)4-7-16(12)21-10-13;1-9(2)8-6-4-3-5-7-8/h2-9H,10H2,1H3,(H,19,20);8H,3-7H2,1-2H3/p+1. The number of ether oxygens (including phenoxy) is 1. The van der Waals surface area contributed by atoms with Gasteiger partial charge in [-0.1, -0.05) is 24.1 Å². The number of fused-ring (bicyclic) bond motifs is 1. The van der Waals surface area contributed by atoms with Crippen LogP contribution in [0.3, 0.4) is 0 Å². The van der Waals surface area contributed by atoms with Crippen molar-refractivity contribution in [1.29, 1.82) is 0 Å². The molecule has 0 unspecified atom stereocenters. The van der Waals surface area contributed by atoms with E-state index in [2.05, 4.69) is 19.4 Å². The lowest BCUT2D eigenvalue weighted by atomic mass is 9.95. The number of aryl methyl sites for hydroxylation is 1. The first-order valence-electron chi connectivity index (χ1n) is 10.7. The number of amides is 1. The number of hydrogen-bond donors (Lipinski definition) is 2. The van der Waals surface area contributed by atoms with E-state index >= 15 is 0 Å². The Kier molecular flexibility index (Phi) is 7.63. The summed E-state index contributed by atoms with van der Waals surface area (Å²) >= 11 is 0. The molecule has 4 nitrogen and oxygen atoms in total. The Morgan fingerprint density at radius 2 is 1.77 bits per heavy atom. The van der Waals surface area contributed by atoms with E-state index in [4.69, 9.17) is 4.74 Å². The Morgan fingerprint density at radius 3 is 2.40 bits per heavy atom. The maximum absolute atomic E-state index is 13.2. The molecule has 0 spiro atoms. The first kappa shape index (κ1) is 22.0. The van der Waals surface area contributed by atoms with Crippen LogP contribution in [0, 0.1) is 12.7 Å². The lowest BCUT2D eigenvalue weighted by Gasteiger charge is -2.24. The van der Waals surface area contributed by atoms with Gasteiger partial charge in [0.2, 0.25) is 0 Å². The molecule has 1 amide bonds. The first-order chi connectivity index (χ1) is 14.4. The van der Waals surface area contributed by atoms with Gasteiger partial charge >= 0.3 is 0 Å². The number of carbonyl (C=O) groups is 1. The van der Waals surface area contributed by atoms with Gasteiger partial charge in [0.25, 0.3) is 5.91 Å². The van der Waals surface area contributed by atoms with Crippen molar-refractivity contribution in [2.75, 3.05) is 26.0 Å². The zero-order valence-electron chi connectivity index (χ0n) is 18.1. The molecule has 0 saturated heterocycles. The maximum Gasteiger partial charge on any atom is 0.255 e. The smallest absolute Gasteiger partial charge is 0.255 e. The number of benzene rings is 2. The van der Waals surface area contributed by atoms with E-state index in [9.17, 15) is 9.18 Å². The van der Waals surface area contributed by atoms with Crippen LogP contribution < -0.4 is 15.0 Å². The molecule has 5 heteroatoms. The molecule has 1 saturated carbocycles. The van der Waals surface area contributed by atoms with E-state index < -0.39 is 0 Å². The van der Waals surface area contributed by atoms with E-state index in [1.165, 1.54) is 44.2 Å². The Morgan fingerprint density at radius 1 is 1.07 bits per heavy atom. The van der Waals surface area contributed by atoms with Crippen LogP contribution >= 0.6 is 0 Å².